The largest absolute Gasteiger partial charge is 0.493 e. The van der Waals surface area contributed by atoms with Crippen LogP contribution >= 0.6 is 0 Å². The zero-order valence-electron chi connectivity index (χ0n) is 13.4. The zero-order valence-corrected chi connectivity index (χ0v) is 13.4. The van der Waals surface area contributed by atoms with Gasteiger partial charge in [0.05, 0.1) is 13.2 Å². The van der Waals surface area contributed by atoms with Gasteiger partial charge in [0.1, 0.15) is 0 Å². The van der Waals surface area contributed by atoms with E-state index in [1.807, 2.05) is 19.9 Å². The van der Waals surface area contributed by atoms with E-state index in [0.29, 0.717) is 0 Å². The van der Waals surface area contributed by atoms with E-state index in [-0.39, 0.29) is 6.10 Å². The predicted octanol–water partition coefficient (Wildman–Crippen LogP) is 3.76. The number of benzene rings is 1. The van der Waals surface area contributed by atoms with Crippen molar-refractivity contribution in [3.05, 3.63) is 23.8 Å². The lowest BCUT2D eigenvalue weighted by Gasteiger charge is -2.23. The van der Waals surface area contributed by atoms with Crippen LogP contribution in [0, 0.1) is 11.8 Å². The molecule has 3 rings (SSSR count). The van der Waals surface area contributed by atoms with E-state index < -0.39 is 0 Å². The molecule has 2 aliphatic carbocycles. The molecule has 0 spiro atoms. The van der Waals surface area contributed by atoms with E-state index in [9.17, 15) is 0 Å². The molecule has 3 atom stereocenters. The Morgan fingerprint density at radius 3 is 2.67 bits per heavy atom. The van der Waals surface area contributed by atoms with E-state index in [4.69, 9.17) is 9.47 Å². The van der Waals surface area contributed by atoms with Crippen LogP contribution in [-0.4, -0.2) is 19.3 Å². The monoisotopic (exact) mass is 289 g/mol. The third-order valence-corrected chi connectivity index (χ3v) is 4.90. The number of fused-ring (bicyclic) bond motifs is 2. The highest BCUT2D eigenvalue weighted by Gasteiger charge is 2.38. The van der Waals surface area contributed by atoms with Crippen LogP contribution in [0.4, 0.5) is 0 Å². The smallest absolute Gasteiger partial charge is 0.161 e. The van der Waals surface area contributed by atoms with Crippen molar-refractivity contribution in [2.75, 3.05) is 7.11 Å². The molecule has 1 N–H and O–H groups in total. The molecule has 2 bridgehead atoms. The second-order valence-electron chi connectivity index (χ2n) is 6.81. The lowest BCUT2D eigenvalue weighted by atomic mass is 9.95. The molecule has 0 radical (unpaired) electrons. The Morgan fingerprint density at radius 2 is 2.05 bits per heavy atom. The Balaban J connectivity index is 1.60. The molecule has 3 unspecified atom stereocenters. The van der Waals surface area contributed by atoms with Gasteiger partial charge in [-0.2, -0.15) is 0 Å². The molecule has 2 saturated carbocycles. The third kappa shape index (κ3) is 3.34. The topological polar surface area (TPSA) is 30.5 Å². The number of hydrogen-bond donors (Lipinski definition) is 1. The summed E-state index contributed by atoms with van der Waals surface area (Å²) in [7, 11) is 1.70. The molecule has 116 valence electrons. The van der Waals surface area contributed by atoms with Crippen LogP contribution in [0.3, 0.4) is 0 Å². The maximum Gasteiger partial charge on any atom is 0.161 e. The summed E-state index contributed by atoms with van der Waals surface area (Å²) < 4.78 is 11.2. The van der Waals surface area contributed by atoms with Crippen LogP contribution in [0.25, 0.3) is 0 Å². The summed E-state index contributed by atoms with van der Waals surface area (Å²) in [5.74, 6) is 3.57. The summed E-state index contributed by atoms with van der Waals surface area (Å²) in [6.45, 7) is 4.99. The first-order chi connectivity index (χ1) is 10.2. The van der Waals surface area contributed by atoms with Crippen molar-refractivity contribution in [3.8, 4) is 11.5 Å². The molecule has 21 heavy (non-hydrogen) atoms. The van der Waals surface area contributed by atoms with E-state index >= 15 is 0 Å². The molecule has 3 heteroatoms. The minimum absolute atomic E-state index is 0.164. The molecular formula is C18H27NO2. The van der Waals surface area contributed by atoms with Crippen LogP contribution in [0.5, 0.6) is 11.5 Å². The highest BCUT2D eigenvalue weighted by Crippen LogP contribution is 2.44. The van der Waals surface area contributed by atoms with Crippen molar-refractivity contribution in [2.45, 2.75) is 58.2 Å². The van der Waals surface area contributed by atoms with Gasteiger partial charge in [-0.1, -0.05) is 12.5 Å². The van der Waals surface area contributed by atoms with Gasteiger partial charge in [0, 0.05) is 12.6 Å². The molecule has 0 amide bonds. The molecule has 2 aliphatic rings. The normalized spacial score (nSPS) is 27.3. The molecule has 1 aromatic rings. The fourth-order valence-electron chi connectivity index (χ4n) is 3.92. The maximum absolute atomic E-state index is 5.76. The molecule has 0 heterocycles. The summed E-state index contributed by atoms with van der Waals surface area (Å²) in [4.78, 5) is 0. The SMILES string of the molecule is COc1cc(CNC2CC3CCC2C3)ccc1OC(C)C. The lowest BCUT2D eigenvalue weighted by Crippen LogP contribution is -2.33. The minimum atomic E-state index is 0.164. The van der Waals surface area contributed by atoms with Crippen LogP contribution in [0.15, 0.2) is 18.2 Å². The highest BCUT2D eigenvalue weighted by atomic mass is 16.5. The average molecular weight is 289 g/mol. The van der Waals surface area contributed by atoms with Crippen molar-refractivity contribution in [2.24, 2.45) is 11.8 Å². The first-order valence-corrected chi connectivity index (χ1v) is 8.22. The van der Waals surface area contributed by atoms with Crippen molar-refractivity contribution in [3.63, 3.8) is 0 Å². The Kier molecular flexibility index (Phi) is 4.39. The van der Waals surface area contributed by atoms with Crippen molar-refractivity contribution in [1.82, 2.24) is 5.32 Å². The van der Waals surface area contributed by atoms with Gasteiger partial charge in [-0.3, -0.25) is 0 Å². The van der Waals surface area contributed by atoms with Crippen molar-refractivity contribution in [1.29, 1.82) is 0 Å². The highest BCUT2D eigenvalue weighted by molar-refractivity contribution is 5.43. The lowest BCUT2D eigenvalue weighted by molar-refractivity contribution is 0.230. The molecule has 0 aliphatic heterocycles. The Labute approximate surface area is 128 Å². The van der Waals surface area contributed by atoms with E-state index in [2.05, 4.69) is 17.4 Å². The molecular weight excluding hydrogens is 262 g/mol. The quantitative estimate of drug-likeness (QED) is 0.865. The zero-order chi connectivity index (χ0) is 14.8. The number of nitrogens with one attached hydrogen (secondary N) is 1. The second-order valence-corrected chi connectivity index (χ2v) is 6.81. The van der Waals surface area contributed by atoms with Gasteiger partial charge in [-0.05, 0) is 62.6 Å². The Bertz CT molecular complexity index is 486. The number of rotatable bonds is 6. The molecule has 1 aromatic carbocycles. The van der Waals surface area contributed by atoms with Crippen molar-refractivity contribution >= 4 is 0 Å². The molecule has 0 aromatic heterocycles. The summed E-state index contributed by atoms with van der Waals surface area (Å²) in [5, 5.41) is 3.74. The molecule has 3 nitrogen and oxygen atoms in total. The van der Waals surface area contributed by atoms with Gasteiger partial charge in [0.2, 0.25) is 0 Å². The van der Waals surface area contributed by atoms with Gasteiger partial charge in [0.15, 0.2) is 11.5 Å². The standard InChI is InChI=1S/C18H27NO2/c1-12(2)21-17-7-5-14(10-18(17)20-3)11-19-16-9-13-4-6-15(16)8-13/h5,7,10,12-13,15-16,19H,4,6,8-9,11H2,1-3H3. The number of ether oxygens (including phenoxy) is 2. The first kappa shape index (κ1) is 14.7. The summed E-state index contributed by atoms with van der Waals surface area (Å²) in [5.41, 5.74) is 1.27. The molecule has 0 saturated heterocycles. The van der Waals surface area contributed by atoms with E-state index in [1.54, 1.807) is 7.11 Å². The van der Waals surface area contributed by atoms with Crippen LogP contribution < -0.4 is 14.8 Å². The second kappa shape index (κ2) is 6.27. The fraction of sp³-hybridized carbons (Fsp3) is 0.667. The predicted molar refractivity (Wildman–Crippen MR) is 84.8 cm³/mol. The Hall–Kier alpha value is -1.22. The Morgan fingerprint density at radius 1 is 1.19 bits per heavy atom. The maximum atomic E-state index is 5.76. The summed E-state index contributed by atoms with van der Waals surface area (Å²) in [6, 6.07) is 6.98. The van der Waals surface area contributed by atoms with Gasteiger partial charge >= 0.3 is 0 Å². The average Bonchev–Trinajstić information content (AvgIpc) is 3.08. The van der Waals surface area contributed by atoms with Gasteiger partial charge in [-0.15, -0.1) is 0 Å². The van der Waals surface area contributed by atoms with Crippen LogP contribution in [0.2, 0.25) is 0 Å². The third-order valence-electron chi connectivity index (χ3n) is 4.90. The molecule has 2 fully saturated rings. The van der Waals surface area contributed by atoms with Gasteiger partial charge in [-0.25, -0.2) is 0 Å². The summed E-state index contributed by atoms with van der Waals surface area (Å²) in [6.07, 6.45) is 5.86. The minimum Gasteiger partial charge on any atom is -0.493 e. The van der Waals surface area contributed by atoms with Gasteiger partial charge in [0.25, 0.3) is 0 Å². The van der Waals surface area contributed by atoms with Gasteiger partial charge < -0.3 is 14.8 Å². The van der Waals surface area contributed by atoms with Crippen LogP contribution in [0.1, 0.15) is 45.1 Å². The van der Waals surface area contributed by atoms with Crippen LogP contribution in [-0.2, 0) is 6.54 Å². The first-order valence-electron chi connectivity index (χ1n) is 8.22. The number of methoxy groups -OCH3 is 1. The van der Waals surface area contributed by atoms with E-state index in [0.717, 1.165) is 35.9 Å². The number of hydrogen-bond acceptors (Lipinski definition) is 3. The van der Waals surface area contributed by atoms with Crippen molar-refractivity contribution < 1.29 is 9.47 Å². The summed E-state index contributed by atoms with van der Waals surface area (Å²) >= 11 is 0. The van der Waals surface area contributed by atoms with E-state index in [1.165, 1.54) is 31.2 Å². The fourth-order valence-corrected chi connectivity index (χ4v) is 3.92.